The lowest BCUT2D eigenvalue weighted by Gasteiger charge is -2.36. The van der Waals surface area contributed by atoms with Gasteiger partial charge in [-0.15, -0.1) is 0 Å². The first-order valence-electron chi connectivity index (χ1n) is 9.37. The van der Waals surface area contributed by atoms with E-state index in [9.17, 15) is 4.79 Å². The van der Waals surface area contributed by atoms with Crippen LogP contribution in [0.2, 0.25) is 0 Å². The third-order valence-corrected chi connectivity index (χ3v) is 4.67. The molecule has 0 spiro atoms. The number of amides is 1. The van der Waals surface area contributed by atoms with Gasteiger partial charge in [0.1, 0.15) is 11.5 Å². The van der Waals surface area contributed by atoms with Gasteiger partial charge in [0.15, 0.2) is 0 Å². The number of carbonyl (C=O) groups excluding carboxylic acids is 1. The van der Waals surface area contributed by atoms with Crippen LogP contribution >= 0.6 is 0 Å². The predicted molar refractivity (Wildman–Crippen MR) is 107 cm³/mol. The first kappa shape index (κ1) is 19.0. The minimum atomic E-state index is -0.401. The van der Waals surface area contributed by atoms with Gasteiger partial charge < -0.3 is 19.7 Å². The number of hydrogen-bond donors (Lipinski definition) is 1. The van der Waals surface area contributed by atoms with Crippen LogP contribution in [0.5, 0.6) is 11.5 Å². The number of benzene rings is 2. The highest BCUT2D eigenvalue weighted by Crippen LogP contribution is 2.28. The molecule has 0 aliphatic carbocycles. The number of nitrogens with zero attached hydrogens (tertiary/aromatic N) is 2. The van der Waals surface area contributed by atoms with Gasteiger partial charge in [-0.05, 0) is 37.2 Å². The zero-order valence-electron chi connectivity index (χ0n) is 15.8. The van der Waals surface area contributed by atoms with Gasteiger partial charge >= 0.3 is 6.09 Å². The topological polar surface area (TPSA) is 54.0 Å². The molecule has 2 aromatic carbocycles. The number of nitrogens with one attached hydrogen (secondary N) is 1. The van der Waals surface area contributed by atoms with E-state index in [2.05, 4.69) is 21.2 Å². The van der Waals surface area contributed by atoms with Crippen molar-refractivity contribution in [3.8, 4) is 11.5 Å². The van der Waals surface area contributed by atoms with Gasteiger partial charge in [0.05, 0.1) is 12.8 Å². The summed E-state index contributed by atoms with van der Waals surface area (Å²) in [5.74, 6) is 1.48. The summed E-state index contributed by atoms with van der Waals surface area (Å²) in [6, 6.07) is 17.2. The minimum absolute atomic E-state index is 0.401. The quantitative estimate of drug-likeness (QED) is 0.761. The summed E-state index contributed by atoms with van der Waals surface area (Å²) in [7, 11) is 1.71. The Morgan fingerprint density at radius 2 is 1.70 bits per heavy atom. The van der Waals surface area contributed by atoms with Crippen molar-refractivity contribution in [2.45, 2.75) is 6.42 Å². The van der Waals surface area contributed by atoms with Crippen molar-refractivity contribution in [2.24, 2.45) is 0 Å². The Balaban J connectivity index is 1.33. The van der Waals surface area contributed by atoms with Crippen molar-refractivity contribution in [2.75, 3.05) is 51.3 Å². The van der Waals surface area contributed by atoms with Crippen LogP contribution in [0.25, 0.3) is 0 Å². The summed E-state index contributed by atoms with van der Waals surface area (Å²) in [5, 5.41) is 2.81. The fourth-order valence-electron chi connectivity index (χ4n) is 3.23. The molecule has 3 rings (SSSR count). The molecule has 144 valence electrons. The largest absolute Gasteiger partial charge is 0.495 e. The lowest BCUT2D eigenvalue weighted by Crippen LogP contribution is -2.47. The summed E-state index contributed by atoms with van der Waals surface area (Å²) in [5.41, 5.74) is 1.16. The number of ether oxygens (including phenoxy) is 2. The van der Waals surface area contributed by atoms with Gasteiger partial charge in [-0.3, -0.25) is 4.90 Å². The molecular formula is C21H27N3O3. The molecule has 0 aromatic heterocycles. The molecule has 6 nitrogen and oxygen atoms in total. The fourth-order valence-corrected chi connectivity index (χ4v) is 3.23. The molecule has 1 saturated heterocycles. The van der Waals surface area contributed by atoms with Crippen LogP contribution in [0, 0.1) is 0 Å². The molecule has 1 N–H and O–H groups in total. The van der Waals surface area contributed by atoms with E-state index in [1.165, 1.54) is 0 Å². The fraction of sp³-hybridized carbons (Fsp3) is 0.381. The first-order chi connectivity index (χ1) is 13.3. The van der Waals surface area contributed by atoms with Crippen molar-refractivity contribution in [1.29, 1.82) is 0 Å². The van der Waals surface area contributed by atoms with E-state index >= 15 is 0 Å². The number of para-hydroxylation sites is 3. The van der Waals surface area contributed by atoms with E-state index in [1.807, 2.05) is 36.4 Å². The van der Waals surface area contributed by atoms with E-state index in [-0.39, 0.29) is 0 Å². The Hall–Kier alpha value is -2.73. The van der Waals surface area contributed by atoms with Crippen LogP contribution in [0.15, 0.2) is 54.6 Å². The van der Waals surface area contributed by atoms with Gasteiger partial charge in [0.25, 0.3) is 0 Å². The molecule has 0 atom stereocenters. The molecule has 1 aliphatic heterocycles. The van der Waals surface area contributed by atoms with E-state index in [1.54, 1.807) is 19.2 Å². The summed E-state index contributed by atoms with van der Waals surface area (Å²) < 4.78 is 10.7. The number of piperazine rings is 1. The van der Waals surface area contributed by atoms with Crippen LogP contribution < -0.4 is 19.7 Å². The third kappa shape index (κ3) is 5.62. The number of anilines is 1. The molecule has 0 bridgehead atoms. The van der Waals surface area contributed by atoms with Crippen molar-refractivity contribution >= 4 is 11.8 Å². The monoisotopic (exact) mass is 369 g/mol. The van der Waals surface area contributed by atoms with Gasteiger partial charge in [-0.25, -0.2) is 4.79 Å². The predicted octanol–water partition coefficient (Wildman–Crippen LogP) is 3.00. The van der Waals surface area contributed by atoms with Crippen molar-refractivity contribution in [3.05, 3.63) is 54.6 Å². The number of rotatable bonds is 7. The standard InChI is InChI=1S/C21H27N3O3/c1-26-20-11-6-5-10-19(20)24-16-14-23(15-17-24)13-7-12-22-21(25)27-18-8-3-2-4-9-18/h2-6,8-11H,7,12-17H2,1H3,(H,22,25). The molecule has 0 radical (unpaired) electrons. The van der Waals surface area contributed by atoms with Crippen LogP contribution in [0.4, 0.5) is 10.5 Å². The van der Waals surface area contributed by atoms with Crippen LogP contribution in [-0.4, -0.2) is 57.4 Å². The summed E-state index contributed by atoms with van der Waals surface area (Å²) in [4.78, 5) is 16.6. The third-order valence-electron chi connectivity index (χ3n) is 4.67. The van der Waals surface area contributed by atoms with Crippen LogP contribution in [0.1, 0.15) is 6.42 Å². The average molecular weight is 369 g/mol. The number of hydrogen-bond acceptors (Lipinski definition) is 5. The Kier molecular flexibility index (Phi) is 6.93. The van der Waals surface area contributed by atoms with E-state index < -0.39 is 6.09 Å². The Morgan fingerprint density at radius 3 is 2.44 bits per heavy atom. The Labute approximate surface area is 160 Å². The maximum absolute atomic E-state index is 11.8. The zero-order valence-corrected chi connectivity index (χ0v) is 15.8. The molecule has 0 unspecified atom stereocenters. The average Bonchev–Trinajstić information content (AvgIpc) is 2.72. The van der Waals surface area contributed by atoms with Crippen molar-refractivity contribution < 1.29 is 14.3 Å². The van der Waals surface area contributed by atoms with Gasteiger partial charge in [0.2, 0.25) is 0 Å². The second-order valence-electron chi connectivity index (χ2n) is 6.48. The lowest BCUT2D eigenvalue weighted by atomic mass is 10.2. The molecular weight excluding hydrogens is 342 g/mol. The number of carbonyl (C=O) groups is 1. The lowest BCUT2D eigenvalue weighted by molar-refractivity contribution is 0.198. The summed E-state index contributed by atoms with van der Waals surface area (Å²) in [6.45, 7) is 5.54. The Morgan fingerprint density at radius 1 is 1.00 bits per heavy atom. The van der Waals surface area contributed by atoms with Gasteiger partial charge in [0, 0.05) is 32.7 Å². The SMILES string of the molecule is COc1ccccc1N1CCN(CCCNC(=O)Oc2ccccc2)CC1. The second-order valence-corrected chi connectivity index (χ2v) is 6.48. The Bertz CT molecular complexity index is 716. The zero-order chi connectivity index (χ0) is 18.9. The van der Waals surface area contributed by atoms with Gasteiger partial charge in [-0.2, -0.15) is 0 Å². The molecule has 1 heterocycles. The highest BCUT2D eigenvalue weighted by Gasteiger charge is 2.19. The molecule has 0 saturated carbocycles. The maximum Gasteiger partial charge on any atom is 0.412 e. The van der Waals surface area contributed by atoms with E-state index in [4.69, 9.17) is 9.47 Å². The van der Waals surface area contributed by atoms with Crippen LogP contribution in [-0.2, 0) is 0 Å². The molecule has 6 heteroatoms. The summed E-state index contributed by atoms with van der Waals surface area (Å²) >= 11 is 0. The van der Waals surface area contributed by atoms with Crippen molar-refractivity contribution in [1.82, 2.24) is 10.2 Å². The molecule has 1 fully saturated rings. The smallest absolute Gasteiger partial charge is 0.412 e. The summed E-state index contributed by atoms with van der Waals surface area (Å²) in [6.07, 6.45) is 0.501. The first-order valence-corrected chi connectivity index (χ1v) is 9.37. The van der Waals surface area contributed by atoms with Gasteiger partial charge in [-0.1, -0.05) is 30.3 Å². The maximum atomic E-state index is 11.8. The molecule has 1 aliphatic rings. The molecule has 1 amide bonds. The normalized spacial score (nSPS) is 14.6. The van der Waals surface area contributed by atoms with E-state index in [0.29, 0.717) is 12.3 Å². The highest BCUT2D eigenvalue weighted by atomic mass is 16.6. The highest BCUT2D eigenvalue weighted by molar-refractivity contribution is 5.70. The number of methoxy groups -OCH3 is 1. The van der Waals surface area contributed by atoms with Crippen LogP contribution in [0.3, 0.4) is 0 Å². The second kappa shape index (κ2) is 9.83. The minimum Gasteiger partial charge on any atom is -0.495 e. The van der Waals surface area contributed by atoms with Crippen molar-refractivity contribution in [3.63, 3.8) is 0 Å². The molecule has 2 aromatic rings. The van der Waals surface area contributed by atoms with E-state index in [0.717, 1.165) is 50.6 Å². The molecule has 27 heavy (non-hydrogen) atoms.